The molecule has 1 atom stereocenters. The number of amides is 1. The monoisotopic (exact) mass is 499 g/mol. The van der Waals surface area contributed by atoms with E-state index in [1.54, 1.807) is 45.0 Å². The Balaban J connectivity index is 1.92. The summed E-state index contributed by atoms with van der Waals surface area (Å²) in [4.78, 5) is 26.5. The van der Waals surface area contributed by atoms with Gasteiger partial charge in [-0.15, -0.1) is 0 Å². The van der Waals surface area contributed by atoms with Crippen LogP contribution < -0.4 is 14.4 Å². The van der Waals surface area contributed by atoms with Crippen LogP contribution in [0.3, 0.4) is 0 Å². The number of nitrogens with zero attached hydrogens (tertiary/aromatic N) is 1. The predicted molar refractivity (Wildman–Crippen MR) is 130 cm³/mol. The summed E-state index contributed by atoms with van der Waals surface area (Å²) in [7, 11) is 0. The summed E-state index contributed by atoms with van der Waals surface area (Å²) in [6.07, 6.45) is -0.325. The maximum atomic E-state index is 15.4. The third-order valence-corrected chi connectivity index (χ3v) is 5.96. The quantitative estimate of drug-likeness (QED) is 0.429. The highest BCUT2D eigenvalue weighted by Gasteiger charge is 2.45. The van der Waals surface area contributed by atoms with Crippen molar-refractivity contribution in [2.75, 3.05) is 31.3 Å². The van der Waals surface area contributed by atoms with Gasteiger partial charge in [-0.1, -0.05) is 24.3 Å². The predicted octanol–water partition coefficient (Wildman–Crippen LogP) is 4.71. The van der Waals surface area contributed by atoms with Crippen LogP contribution in [0.4, 0.5) is 14.5 Å². The number of carbonyl (C=O) groups is 2. The molecular formula is C27H27F2NO6. The molecule has 0 bridgehead atoms. The Morgan fingerprint density at radius 2 is 1.56 bits per heavy atom. The number of hydrogen-bond donors (Lipinski definition) is 1. The summed E-state index contributed by atoms with van der Waals surface area (Å²) in [6.45, 7) is 5.20. The Bertz CT molecular complexity index is 1300. The first-order valence-corrected chi connectivity index (χ1v) is 11.8. The molecule has 0 fully saturated rings. The van der Waals surface area contributed by atoms with E-state index in [0.29, 0.717) is 22.1 Å². The minimum Gasteiger partial charge on any atom is -0.493 e. The summed E-state index contributed by atoms with van der Waals surface area (Å²) < 4.78 is 47.3. The Labute approximate surface area is 207 Å². The smallest absolute Gasteiger partial charge is 0.310 e. The summed E-state index contributed by atoms with van der Waals surface area (Å²) in [5, 5.41) is 11.6. The molecule has 3 aromatic rings. The minimum absolute atomic E-state index is 0.0626. The van der Waals surface area contributed by atoms with Crippen LogP contribution in [0.1, 0.15) is 48.3 Å². The molecule has 9 heteroatoms. The van der Waals surface area contributed by atoms with Gasteiger partial charge in [0, 0.05) is 16.3 Å². The van der Waals surface area contributed by atoms with Crippen LogP contribution in [0.25, 0.3) is 10.8 Å². The molecule has 1 N–H and O–H groups in total. The van der Waals surface area contributed by atoms with Crippen molar-refractivity contribution in [3.8, 4) is 11.5 Å². The van der Waals surface area contributed by atoms with Gasteiger partial charge in [-0.2, -0.15) is 0 Å². The molecule has 1 heterocycles. The number of aliphatic hydroxyl groups excluding tert-OH is 1. The van der Waals surface area contributed by atoms with E-state index in [9.17, 15) is 14.7 Å². The molecular weight excluding hydrogens is 472 g/mol. The van der Waals surface area contributed by atoms with E-state index in [1.165, 1.54) is 0 Å². The molecule has 36 heavy (non-hydrogen) atoms. The van der Waals surface area contributed by atoms with E-state index in [4.69, 9.17) is 14.2 Å². The van der Waals surface area contributed by atoms with Crippen LogP contribution in [0.15, 0.2) is 36.4 Å². The van der Waals surface area contributed by atoms with Crippen LogP contribution >= 0.6 is 0 Å². The number of esters is 1. The van der Waals surface area contributed by atoms with Gasteiger partial charge in [0.15, 0.2) is 0 Å². The Morgan fingerprint density at radius 3 is 2.11 bits per heavy atom. The second-order valence-electron chi connectivity index (χ2n) is 8.12. The molecule has 0 aliphatic carbocycles. The van der Waals surface area contributed by atoms with Crippen LogP contribution in [0.5, 0.6) is 11.5 Å². The number of halogens is 2. The lowest BCUT2D eigenvalue weighted by molar-refractivity contribution is -0.142. The number of benzene rings is 3. The van der Waals surface area contributed by atoms with Crippen molar-refractivity contribution in [3.63, 3.8) is 0 Å². The first-order valence-electron chi connectivity index (χ1n) is 11.8. The number of rotatable bonds is 9. The van der Waals surface area contributed by atoms with Crippen molar-refractivity contribution in [2.45, 2.75) is 33.2 Å². The third-order valence-electron chi connectivity index (χ3n) is 5.96. The van der Waals surface area contributed by atoms with Crippen LogP contribution in [0, 0.1) is 11.6 Å². The number of aliphatic hydroxyl groups is 1. The molecule has 1 unspecified atom stereocenters. The molecule has 0 saturated heterocycles. The topological polar surface area (TPSA) is 85.3 Å². The van der Waals surface area contributed by atoms with Crippen molar-refractivity contribution in [2.24, 2.45) is 0 Å². The lowest BCUT2D eigenvalue weighted by Crippen LogP contribution is -2.31. The zero-order chi connectivity index (χ0) is 26.0. The summed E-state index contributed by atoms with van der Waals surface area (Å²) in [5.41, 5.74) is -0.169. The van der Waals surface area contributed by atoms with Crippen molar-refractivity contribution < 1.29 is 37.7 Å². The van der Waals surface area contributed by atoms with E-state index in [1.807, 2.05) is 0 Å². The molecule has 1 aliphatic rings. The van der Waals surface area contributed by atoms with Gasteiger partial charge in [0.05, 0.1) is 44.5 Å². The highest BCUT2D eigenvalue weighted by Crippen LogP contribution is 2.51. The van der Waals surface area contributed by atoms with Gasteiger partial charge in [-0.3, -0.25) is 14.5 Å². The van der Waals surface area contributed by atoms with Crippen LogP contribution in [0.2, 0.25) is 0 Å². The van der Waals surface area contributed by atoms with Crippen LogP contribution in [-0.2, 0) is 16.0 Å². The second-order valence-corrected chi connectivity index (χ2v) is 8.12. The normalized spacial score (nSPS) is 14.8. The van der Waals surface area contributed by atoms with E-state index in [0.717, 1.165) is 17.0 Å². The van der Waals surface area contributed by atoms with Gasteiger partial charge in [0.1, 0.15) is 28.8 Å². The number of ether oxygens (including phenoxy) is 3. The summed E-state index contributed by atoms with van der Waals surface area (Å²) >= 11 is 0. The molecule has 190 valence electrons. The molecule has 4 rings (SSSR count). The molecule has 0 radical (unpaired) electrons. The zero-order valence-electron chi connectivity index (χ0n) is 20.3. The highest BCUT2D eigenvalue weighted by molar-refractivity contribution is 6.18. The van der Waals surface area contributed by atoms with Gasteiger partial charge >= 0.3 is 5.97 Å². The van der Waals surface area contributed by atoms with Gasteiger partial charge in [0.25, 0.3) is 5.91 Å². The molecule has 3 aromatic carbocycles. The largest absolute Gasteiger partial charge is 0.493 e. The Kier molecular flexibility index (Phi) is 7.40. The lowest BCUT2D eigenvalue weighted by Gasteiger charge is -2.26. The highest BCUT2D eigenvalue weighted by atomic mass is 19.1. The van der Waals surface area contributed by atoms with E-state index >= 15 is 8.78 Å². The molecule has 0 saturated carbocycles. The second kappa shape index (κ2) is 10.5. The third kappa shape index (κ3) is 4.24. The summed E-state index contributed by atoms with van der Waals surface area (Å²) in [5.74, 6) is -2.84. The standard InChI is InChI=1S/C27H27F2NO6/c1-4-34-21(32)13-15-11-18(28)24(19(29)12-15)30-20(14-31)22-23(27(30)33)26(36-6-3)17-10-8-7-9-16(17)25(22)35-5-2/h7-12,20,31H,4-6,13-14H2,1-3H3. The maximum absolute atomic E-state index is 15.4. The number of fused-ring (bicyclic) bond motifs is 2. The summed E-state index contributed by atoms with van der Waals surface area (Å²) in [6, 6.07) is 8.02. The van der Waals surface area contributed by atoms with Crippen molar-refractivity contribution in [1.82, 2.24) is 0 Å². The maximum Gasteiger partial charge on any atom is 0.310 e. The average Bonchev–Trinajstić information content (AvgIpc) is 3.12. The molecule has 0 aromatic heterocycles. The number of carbonyl (C=O) groups excluding carboxylic acids is 2. The van der Waals surface area contributed by atoms with E-state index < -0.39 is 41.8 Å². The van der Waals surface area contributed by atoms with Gasteiger partial charge < -0.3 is 19.3 Å². The minimum atomic E-state index is -1.13. The van der Waals surface area contributed by atoms with Gasteiger partial charge in [-0.25, -0.2) is 8.78 Å². The van der Waals surface area contributed by atoms with Crippen LogP contribution in [-0.4, -0.2) is 43.4 Å². The first-order chi connectivity index (χ1) is 17.4. The van der Waals surface area contributed by atoms with Gasteiger partial charge in [-0.05, 0) is 38.5 Å². The molecule has 7 nitrogen and oxygen atoms in total. The molecule has 0 spiro atoms. The number of anilines is 1. The lowest BCUT2D eigenvalue weighted by atomic mass is 9.96. The Morgan fingerprint density at radius 1 is 0.972 bits per heavy atom. The fourth-order valence-corrected chi connectivity index (χ4v) is 4.67. The van der Waals surface area contributed by atoms with Gasteiger partial charge in [0.2, 0.25) is 0 Å². The molecule has 1 aliphatic heterocycles. The fourth-order valence-electron chi connectivity index (χ4n) is 4.67. The number of hydrogen-bond acceptors (Lipinski definition) is 6. The first kappa shape index (κ1) is 25.4. The van der Waals surface area contributed by atoms with Crippen molar-refractivity contribution in [3.05, 3.63) is 64.7 Å². The molecule has 1 amide bonds. The average molecular weight is 500 g/mol. The van der Waals surface area contributed by atoms with E-state index in [2.05, 4.69) is 0 Å². The van der Waals surface area contributed by atoms with Crippen molar-refractivity contribution in [1.29, 1.82) is 0 Å². The van der Waals surface area contributed by atoms with Crippen molar-refractivity contribution >= 4 is 28.3 Å². The SMILES string of the molecule is CCOC(=O)Cc1cc(F)c(N2C(=O)c3c(c(OCC)c4ccccc4c3OCC)C2CO)c(F)c1. The fraction of sp³-hybridized carbons (Fsp3) is 0.333. The zero-order valence-corrected chi connectivity index (χ0v) is 20.3. The Hall–Kier alpha value is -3.72. The van der Waals surface area contributed by atoms with E-state index in [-0.39, 0.29) is 43.1 Å².